The number of nitrogens with one attached hydrogen (secondary N) is 1. The van der Waals surface area contributed by atoms with Crippen molar-refractivity contribution in [2.45, 2.75) is 20.2 Å². The molecule has 0 spiro atoms. The lowest BCUT2D eigenvalue weighted by molar-refractivity contribution is -0.139. The van der Waals surface area contributed by atoms with Gasteiger partial charge < -0.3 is 14.8 Å². The normalized spacial score (nSPS) is 10.5. The van der Waals surface area contributed by atoms with Crippen molar-refractivity contribution in [2.24, 2.45) is 0 Å². The second kappa shape index (κ2) is 7.97. The molecule has 1 aromatic rings. The molecule has 0 fully saturated rings. The van der Waals surface area contributed by atoms with Crippen LogP contribution in [-0.2, 0) is 15.9 Å². The van der Waals surface area contributed by atoms with Gasteiger partial charge in [0.25, 0.3) is 0 Å². The fraction of sp³-hybridized carbons (Fsp3) is 0.500. The van der Waals surface area contributed by atoms with Crippen molar-refractivity contribution in [1.82, 2.24) is 5.32 Å². The fourth-order valence-corrected chi connectivity index (χ4v) is 1.79. The Balaban J connectivity index is 2.59. The molecular weight excluding hydrogens is 241 g/mol. The van der Waals surface area contributed by atoms with Gasteiger partial charge in [0.1, 0.15) is 12.4 Å². The van der Waals surface area contributed by atoms with Crippen molar-refractivity contribution in [3.8, 4) is 5.75 Å². The first-order chi connectivity index (χ1) is 9.08. The lowest BCUT2D eigenvalue weighted by Crippen LogP contribution is -2.21. The molecule has 0 atom stereocenters. The van der Waals surface area contributed by atoms with Crippen molar-refractivity contribution in [3.63, 3.8) is 0 Å². The van der Waals surface area contributed by atoms with E-state index in [2.05, 4.69) is 5.32 Å². The van der Waals surface area contributed by atoms with Gasteiger partial charge in [0.2, 0.25) is 0 Å². The van der Waals surface area contributed by atoms with Gasteiger partial charge in [-0.3, -0.25) is 0 Å². The van der Waals surface area contributed by atoms with Crippen LogP contribution in [0.15, 0.2) is 12.1 Å². The molecule has 0 aliphatic carbocycles. The van der Waals surface area contributed by atoms with E-state index in [1.165, 1.54) is 0 Å². The molecule has 0 aromatic heterocycles. The largest absolute Gasteiger partial charge is 0.424 e. The number of benzene rings is 1. The molecule has 0 aliphatic rings. The first-order valence-electron chi connectivity index (χ1n) is 6.31. The van der Waals surface area contributed by atoms with Gasteiger partial charge >= 0.3 is 5.97 Å². The van der Waals surface area contributed by atoms with E-state index in [1.54, 1.807) is 0 Å². The Hall–Kier alpha value is -1.33. The minimum absolute atomic E-state index is 0.0425. The summed E-state index contributed by atoms with van der Waals surface area (Å²) in [6.07, 6.45) is 0.475. The fourth-order valence-electron chi connectivity index (χ4n) is 1.79. The molecule has 0 bridgehead atoms. The summed E-state index contributed by atoms with van der Waals surface area (Å²) in [5.41, 5.74) is 2.84. The van der Waals surface area contributed by atoms with Crippen molar-refractivity contribution in [2.75, 3.05) is 26.8 Å². The summed E-state index contributed by atoms with van der Waals surface area (Å²) in [5, 5.41) is 2.93. The third-order valence-electron chi connectivity index (χ3n) is 2.69. The predicted octanol–water partition coefficient (Wildman–Crippen LogP) is 1.11. The molecule has 0 amide bonds. The molecule has 1 aromatic carbocycles. The number of carbonyl (C=O) groups is 1. The highest BCUT2D eigenvalue weighted by Gasteiger charge is 2.11. The van der Waals surface area contributed by atoms with Crippen molar-refractivity contribution < 1.29 is 14.3 Å². The molecule has 5 heteroatoms. The number of aryl methyl sites for hydroxylation is 2. The van der Waals surface area contributed by atoms with Gasteiger partial charge in [0, 0.05) is 6.54 Å². The van der Waals surface area contributed by atoms with Crippen LogP contribution in [0.5, 0.6) is 5.75 Å². The maximum Gasteiger partial charge on any atom is 0.337 e. The molecule has 0 aliphatic heterocycles. The molecule has 1 rings (SSSR count). The lowest BCUT2D eigenvalue weighted by Gasteiger charge is -2.12. The number of likely N-dealkylation sites (N-methyl/N-ethyl adjacent to an activating group) is 1. The maximum atomic E-state index is 11.6. The summed E-state index contributed by atoms with van der Waals surface area (Å²) in [6.45, 7) is 4.94. The Labute approximate surface area is 115 Å². The number of hydrogen-bond acceptors (Lipinski definition) is 4. The Morgan fingerprint density at radius 3 is 2.47 bits per heavy atom. The van der Waals surface area contributed by atoms with Gasteiger partial charge in [0.05, 0.1) is 14.5 Å². The average Bonchev–Trinajstić information content (AvgIpc) is 2.38. The van der Waals surface area contributed by atoms with Crippen LogP contribution < -0.4 is 10.1 Å². The molecule has 19 heavy (non-hydrogen) atoms. The van der Waals surface area contributed by atoms with Crippen LogP contribution in [0.4, 0.5) is 0 Å². The average molecular weight is 261 g/mol. The highest BCUT2D eigenvalue weighted by Crippen LogP contribution is 2.24. The SMILES string of the molecule is [B]Cc1cc(C)c(OC(=O)COCCNC)c(C)c1. The predicted molar refractivity (Wildman–Crippen MR) is 75.8 cm³/mol. The van der Waals surface area contributed by atoms with Crippen LogP contribution in [0.25, 0.3) is 0 Å². The highest BCUT2D eigenvalue weighted by atomic mass is 16.6. The first kappa shape index (κ1) is 15.7. The topological polar surface area (TPSA) is 47.6 Å². The monoisotopic (exact) mass is 261 g/mol. The van der Waals surface area contributed by atoms with Crippen LogP contribution in [-0.4, -0.2) is 40.6 Å². The Kier molecular flexibility index (Phi) is 6.60. The minimum atomic E-state index is -0.386. The molecule has 102 valence electrons. The molecular formula is C14H20BNO3. The lowest BCUT2D eigenvalue weighted by atomic mass is 9.94. The Morgan fingerprint density at radius 2 is 1.95 bits per heavy atom. The van der Waals surface area contributed by atoms with E-state index in [4.69, 9.17) is 17.3 Å². The molecule has 0 unspecified atom stereocenters. The summed E-state index contributed by atoms with van der Waals surface area (Å²) in [7, 11) is 7.43. The third kappa shape index (κ3) is 5.05. The summed E-state index contributed by atoms with van der Waals surface area (Å²) >= 11 is 0. The van der Waals surface area contributed by atoms with E-state index in [1.807, 2.05) is 33.0 Å². The van der Waals surface area contributed by atoms with Gasteiger partial charge in [0.15, 0.2) is 0 Å². The van der Waals surface area contributed by atoms with Crippen molar-refractivity contribution in [1.29, 1.82) is 0 Å². The third-order valence-corrected chi connectivity index (χ3v) is 2.69. The zero-order valence-electron chi connectivity index (χ0n) is 11.8. The second-order valence-corrected chi connectivity index (χ2v) is 4.39. The first-order valence-corrected chi connectivity index (χ1v) is 6.31. The standard InChI is InChI=1S/C14H20BNO3/c1-10-6-12(8-15)7-11(2)14(10)19-13(17)9-18-5-4-16-3/h6-7,16H,4-5,8-9H2,1-3H3. The minimum Gasteiger partial charge on any atom is -0.424 e. The zero-order chi connectivity index (χ0) is 14.3. The number of carbonyl (C=O) groups excluding carboxylic acids is 1. The van der Waals surface area contributed by atoms with Crippen LogP contribution >= 0.6 is 0 Å². The van der Waals surface area contributed by atoms with Gasteiger partial charge in [-0.25, -0.2) is 4.79 Å². The number of ether oxygens (including phenoxy) is 2. The van der Waals surface area contributed by atoms with E-state index in [9.17, 15) is 4.79 Å². The number of rotatable bonds is 7. The second-order valence-electron chi connectivity index (χ2n) is 4.39. The molecule has 1 N–H and O–H groups in total. The number of esters is 1. The summed E-state index contributed by atoms with van der Waals surface area (Å²) in [6, 6.07) is 3.86. The molecule has 2 radical (unpaired) electrons. The van der Waals surface area contributed by atoms with Crippen LogP contribution in [0.3, 0.4) is 0 Å². The van der Waals surface area contributed by atoms with Gasteiger partial charge in [-0.2, -0.15) is 0 Å². The van der Waals surface area contributed by atoms with Crippen LogP contribution in [0.2, 0.25) is 0 Å². The summed E-state index contributed by atoms with van der Waals surface area (Å²) in [4.78, 5) is 11.6. The van der Waals surface area contributed by atoms with E-state index < -0.39 is 0 Å². The van der Waals surface area contributed by atoms with E-state index >= 15 is 0 Å². The summed E-state index contributed by atoms with van der Waals surface area (Å²) < 4.78 is 10.5. The van der Waals surface area contributed by atoms with Crippen molar-refractivity contribution >= 4 is 13.8 Å². The summed E-state index contributed by atoms with van der Waals surface area (Å²) in [5.74, 6) is 0.210. The van der Waals surface area contributed by atoms with Gasteiger partial charge in [-0.05, 0) is 32.0 Å². The molecule has 0 saturated carbocycles. The van der Waals surface area contributed by atoms with E-state index in [0.29, 0.717) is 25.2 Å². The van der Waals surface area contributed by atoms with E-state index in [0.717, 1.165) is 16.7 Å². The molecule has 0 saturated heterocycles. The zero-order valence-corrected chi connectivity index (χ0v) is 11.8. The maximum absolute atomic E-state index is 11.6. The van der Waals surface area contributed by atoms with Crippen molar-refractivity contribution in [3.05, 3.63) is 28.8 Å². The molecule has 4 nitrogen and oxygen atoms in total. The van der Waals surface area contributed by atoms with Crippen LogP contribution in [0, 0.1) is 13.8 Å². The quantitative estimate of drug-likeness (QED) is 0.346. The van der Waals surface area contributed by atoms with E-state index in [-0.39, 0.29) is 12.6 Å². The van der Waals surface area contributed by atoms with Crippen LogP contribution in [0.1, 0.15) is 16.7 Å². The number of hydrogen-bond donors (Lipinski definition) is 1. The van der Waals surface area contributed by atoms with Gasteiger partial charge in [-0.15, -0.1) is 0 Å². The smallest absolute Gasteiger partial charge is 0.337 e. The molecule has 0 heterocycles. The highest BCUT2D eigenvalue weighted by molar-refractivity contribution is 6.08. The Morgan fingerprint density at radius 1 is 1.32 bits per heavy atom. The van der Waals surface area contributed by atoms with Gasteiger partial charge in [-0.1, -0.05) is 24.0 Å². The Bertz CT molecular complexity index is 412.